The normalized spacial score (nSPS) is 12.5. The lowest BCUT2D eigenvalue weighted by Gasteiger charge is -2.18. The third-order valence-corrected chi connectivity index (χ3v) is 11.3. The standard InChI is InChI=1S/C49H92N2O7/c1-3-5-7-9-11-13-14-15-16-17-18-19-20-21-22-23-24-26-28-33-37-41-48(55)58-44(38-34-30-27-25-12-10-8-6-4-2)39-35-31-29-32-36-40-46(53)50-42-47(54)51-45(43-52)49(56)57/h17-18,44-45,52H,3-16,19-43H2,1-2H3,(H,50,53)(H,51,54)(H,56,57)/b18-17-. The van der Waals surface area contributed by atoms with Gasteiger partial charge in [-0.15, -0.1) is 0 Å². The summed E-state index contributed by atoms with van der Waals surface area (Å²) in [4.78, 5) is 47.6. The molecule has 2 atom stereocenters. The molecule has 0 rings (SSSR count). The minimum Gasteiger partial charge on any atom is -0.480 e. The van der Waals surface area contributed by atoms with Crippen molar-refractivity contribution < 1.29 is 34.1 Å². The molecule has 0 aliphatic carbocycles. The van der Waals surface area contributed by atoms with E-state index in [0.29, 0.717) is 19.3 Å². The summed E-state index contributed by atoms with van der Waals surface area (Å²) in [6.45, 7) is 3.50. The Bertz CT molecular complexity index is 988. The van der Waals surface area contributed by atoms with Crippen molar-refractivity contribution >= 4 is 23.8 Å². The monoisotopic (exact) mass is 821 g/mol. The highest BCUT2D eigenvalue weighted by molar-refractivity contribution is 5.87. The van der Waals surface area contributed by atoms with Gasteiger partial charge in [0, 0.05) is 12.8 Å². The summed E-state index contributed by atoms with van der Waals surface area (Å²) < 4.78 is 6.04. The predicted octanol–water partition coefficient (Wildman–Crippen LogP) is 12.6. The lowest BCUT2D eigenvalue weighted by atomic mass is 10.0. The Kier molecular flexibility index (Phi) is 42.3. The number of esters is 1. The fourth-order valence-electron chi connectivity index (χ4n) is 7.48. The Labute approximate surface area is 356 Å². The van der Waals surface area contributed by atoms with E-state index in [1.54, 1.807) is 0 Å². The van der Waals surface area contributed by atoms with Crippen molar-refractivity contribution in [1.82, 2.24) is 10.6 Å². The largest absolute Gasteiger partial charge is 0.480 e. The van der Waals surface area contributed by atoms with Crippen LogP contribution in [0.4, 0.5) is 0 Å². The Morgan fingerprint density at radius 3 is 1.29 bits per heavy atom. The fraction of sp³-hybridized carbons (Fsp3) is 0.878. The van der Waals surface area contributed by atoms with Gasteiger partial charge < -0.3 is 25.6 Å². The third kappa shape index (κ3) is 40.4. The molecule has 0 spiro atoms. The van der Waals surface area contributed by atoms with E-state index in [4.69, 9.17) is 14.9 Å². The van der Waals surface area contributed by atoms with Crippen LogP contribution < -0.4 is 10.6 Å². The quantitative estimate of drug-likeness (QED) is 0.0272. The van der Waals surface area contributed by atoms with Crippen LogP contribution >= 0.6 is 0 Å². The minimum atomic E-state index is -1.38. The number of rotatable bonds is 45. The van der Waals surface area contributed by atoms with Gasteiger partial charge in [-0.3, -0.25) is 14.4 Å². The average molecular weight is 821 g/mol. The number of aliphatic carboxylic acids is 1. The smallest absolute Gasteiger partial charge is 0.328 e. The number of ether oxygens (including phenoxy) is 1. The van der Waals surface area contributed by atoms with Gasteiger partial charge in [-0.25, -0.2) is 4.79 Å². The molecule has 2 amide bonds. The molecule has 0 aromatic heterocycles. The van der Waals surface area contributed by atoms with Gasteiger partial charge in [-0.05, 0) is 64.2 Å². The molecular weight excluding hydrogens is 729 g/mol. The van der Waals surface area contributed by atoms with E-state index in [-0.39, 0.29) is 24.5 Å². The SMILES string of the molecule is CCCCCCCCCC/C=C\CCCCCCCCCCCC(=O)OC(CCCCCCCCCCC)CCCCCCCC(=O)NCC(=O)NC(CO)C(=O)O. The maximum absolute atomic E-state index is 12.8. The van der Waals surface area contributed by atoms with Gasteiger partial charge in [-0.2, -0.15) is 0 Å². The minimum absolute atomic E-state index is 0.00840. The fourth-order valence-corrected chi connectivity index (χ4v) is 7.48. The zero-order chi connectivity index (χ0) is 42.6. The highest BCUT2D eigenvalue weighted by Crippen LogP contribution is 2.19. The van der Waals surface area contributed by atoms with Gasteiger partial charge in [0.15, 0.2) is 0 Å². The van der Waals surface area contributed by atoms with Gasteiger partial charge in [0.1, 0.15) is 12.1 Å². The van der Waals surface area contributed by atoms with Gasteiger partial charge >= 0.3 is 11.9 Å². The summed E-state index contributed by atoms with van der Waals surface area (Å²) in [7, 11) is 0. The van der Waals surface area contributed by atoms with Crippen molar-refractivity contribution in [2.24, 2.45) is 0 Å². The Balaban J connectivity index is 4.12. The number of amides is 2. The third-order valence-electron chi connectivity index (χ3n) is 11.3. The van der Waals surface area contributed by atoms with Crippen LogP contribution in [0, 0.1) is 0 Å². The van der Waals surface area contributed by atoms with E-state index in [1.165, 1.54) is 161 Å². The molecule has 9 nitrogen and oxygen atoms in total. The Hall–Kier alpha value is -2.42. The van der Waals surface area contributed by atoms with Crippen molar-refractivity contribution in [3.05, 3.63) is 12.2 Å². The molecule has 58 heavy (non-hydrogen) atoms. The van der Waals surface area contributed by atoms with Crippen LogP contribution in [0.15, 0.2) is 12.2 Å². The summed E-state index contributed by atoms with van der Waals surface area (Å²) in [5, 5.41) is 22.6. The number of carbonyl (C=O) groups excluding carboxylic acids is 3. The van der Waals surface area contributed by atoms with Crippen LogP contribution in [0.25, 0.3) is 0 Å². The molecule has 0 saturated carbocycles. The van der Waals surface area contributed by atoms with Gasteiger partial charge in [0.2, 0.25) is 11.8 Å². The van der Waals surface area contributed by atoms with E-state index in [9.17, 15) is 19.2 Å². The number of aliphatic hydroxyl groups excluding tert-OH is 1. The van der Waals surface area contributed by atoms with E-state index < -0.39 is 24.5 Å². The van der Waals surface area contributed by atoms with E-state index >= 15 is 0 Å². The lowest BCUT2D eigenvalue weighted by molar-refractivity contribution is -0.150. The summed E-state index contributed by atoms with van der Waals surface area (Å²) in [6, 6.07) is -1.38. The van der Waals surface area contributed by atoms with E-state index in [2.05, 4.69) is 36.6 Å². The second-order valence-corrected chi connectivity index (χ2v) is 16.9. The summed E-state index contributed by atoms with van der Waals surface area (Å²) in [5.41, 5.74) is 0. The molecule has 340 valence electrons. The highest BCUT2D eigenvalue weighted by atomic mass is 16.5. The van der Waals surface area contributed by atoms with Crippen LogP contribution in [0.3, 0.4) is 0 Å². The van der Waals surface area contributed by atoms with Crippen molar-refractivity contribution in [3.63, 3.8) is 0 Å². The molecule has 4 N–H and O–H groups in total. The number of nitrogens with one attached hydrogen (secondary N) is 2. The number of carboxylic acid groups (broad SMARTS) is 1. The molecule has 0 heterocycles. The summed E-state index contributed by atoms with van der Waals surface area (Å²) >= 11 is 0. The summed E-state index contributed by atoms with van der Waals surface area (Å²) in [5.74, 6) is -2.28. The van der Waals surface area contributed by atoms with Crippen molar-refractivity contribution in [1.29, 1.82) is 0 Å². The number of hydrogen-bond acceptors (Lipinski definition) is 6. The van der Waals surface area contributed by atoms with Crippen LogP contribution in [-0.2, 0) is 23.9 Å². The molecule has 0 bridgehead atoms. The molecule has 0 saturated heterocycles. The molecule has 0 aromatic carbocycles. The number of carbonyl (C=O) groups is 4. The molecule has 0 radical (unpaired) electrons. The van der Waals surface area contributed by atoms with Crippen molar-refractivity contribution in [2.45, 2.75) is 264 Å². The van der Waals surface area contributed by atoms with Crippen LogP contribution in [0.1, 0.15) is 251 Å². The van der Waals surface area contributed by atoms with E-state index in [1.807, 2.05) is 0 Å². The number of unbranched alkanes of at least 4 members (excludes halogenated alkanes) is 29. The summed E-state index contributed by atoms with van der Waals surface area (Å²) in [6.07, 6.45) is 48.2. The topological polar surface area (TPSA) is 142 Å². The first-order valence-corrected chi connectivity index (χ1v) is 24.6. The number of hydrogen-bond donors (Lipinski definition) is 4. The first kappa shape index (κ1) is 55.6. The maximum atomic E-state index is 12.8. The Morgan fingerprint density at radius 1 is 0.500 bits per heavy atom. The predicted molar refractivity (Wildman–Crippen MR) is 241 cm³/mol. The van der Waals surface area contributed by atoms with E-state index in [0.717, 1.165) is 57.8 Å². The molecular formula is C49H92N2O7. The molecule has 2 unspecified atom stereocenters. The molecule has 0 aliphatic rings. The van der Waals surface area contributed by atoms with Gasteiger partial charge in [-0.1, -0.05) is 187 Å². The van der Waals surface area contributed by atoms with Crippen LogP contribution in [0.2, 0.25) is 0 Å². The number of allylic oxidation sites excluding steroid dienone is 2. The molecule has 9 heteroatoms. The zero-order valence-electron chi connectivity index (χ0n) is 37.8. The van der Waals surface area contributed by atoms with Crippen LogP contribution in [-0.4, -0.2) is 59.3 Å². The first-order chi connectivity index (χ1) is 28.3. The lowest BCUT2D eigenvalue weighted by Crippen LogP contribution is -2.47. The first-order valence-electron chi connectivity index (χ1n) is 24.6. The van der Waals surface area contributed by atoms with Gasteiger partial charge in [0.05, 0.1) is 13.2 Å². The maximum Gasteiger partial charge on any atom is 0.328 e. The average Bonchev–Trinajstić information content (AvgIpc) is 3.21. The highest BCUT2D eigenvalue weighted by Gasteiger charge is 2.19. The van der Waals surface area contributed by atoms with Gasteiger partial charge in [0.25, 0.3) is 0 Å². The van der Waals surface area contributed by atoms with Crippen molar-refractivity contribution in [2.75, 3.05) is 13.2 Å². The second-order valence-electron chi connectivity index (χ2n) is 16.9. The zero-order valence-corrected chi connectivity index (χ0v) is 37.8. The molecule has 0 fully saturated rings. The van der Waals surface area contributed by atoms with Crippen LogP contribution in [0.5, 0.6) is 0 Å². The molecule has 0 aliphatic heterocycles. The molecule has 0 aromatic rings. The Morgan fingerprint density at radius 2 is 0.879 bits per heavy atom. The number of carboxylic acids is 1. The number of aliphatic hydroxyl groups is 1. The van der Waals surface area contributed by atoms with Crippen molar-refractivity contribution in [3.8, 4) is 0 Å². The second kappa shape index (κ2) is 44.1.